The van der Waals surface area contributed by atoms with Crippen LogP contribution in [0.2, 0.25) is 10.0 Å². The molecule has 2 nitrogen and oxygen atoms in total. The maximum Gasteiger partial charge on any atom is 0.0595 e. The van der Waals surface area contributed by atoms with Gasteiger partial charge in [-0.1, -0.05) is 36.2 Å². The Bertz CT molecular complexity index is 417. The van der Waals surface area contributed by atoms with Crippen molar-refractivity contribution in [2.75, 3.05) is 13.2 Å². The second-order valence-corrected chi connectivity index (χ2v) is 5.59. The van der Waals surface area contributed by atoms with Crippen LogP contribution < -0.4 is 5.73 Å². The molecule has 2 rings (SSSR count). The normalized spacial score (nSPS) is 32.8. The molecular weight excluding hydrogens is 245 g/mol. The van der Waals surface area contributed by atoms with Crippen LogP contribution in [0.4, 0.5) is 0 Å². The largest absolute Gasteiger partial charge is 0.396 e. The van der Waals surface area contributed by atoms with Crippen molar-refractivity contribution in [2.45, 2.75) is 18.8 Å². The molecule has 3 N–H and O–H groups in total. The van der Waals surface area contributed by atoms with Crippen LogP contribution in [0, 0.1) is 5.41 Å². The van der Waals surface area contributed by atoms with Crippen LogP contribution >= 0.6 is 23.2 Å². The quantitative estimate of drug-likeness (QED) is 0.877. The fourth-order valence-electron chi connectivity index (χ4n) is 2.47. The first-order valence-corrected chi connectivity index (χ1v) is 6.01. The first-order chi connectivity index (χ1) is 7.49. The van der Waals surface area contributed by atoms with E-state index in [9.17, 15) is 5.11 Å². The Kier molecular flexibility index (Phi) is 2.96. The highest BCUT2D eigenvalue weighted by molar-refractivity contribution is 6.42. The second-order valence-electron chi connectivity index (χ2n) is 4.78. The van der Waals surface area contributed by atoms with Gasteiger partial charge in [-0.15, -0.1) is 0 Å². The third-order valence-corrected chi connectivity index (χ3v) is 4.73. The lowest BCUT2D eigenvalue weighted by Gasteiger charge is -2.20. The molecular formula is C12H15Cl2NO. The zero-order valence-corrected chi connectivity index (χ0v) is 10.6. The molecule has 1 fully saturated rings. The summed E-state index contributed by atoms with van der Waals surface area (Å²) in [5.74, 6) is 0. The van der Waals surface area contributed by atoms with E-state index in [1.165, 1.54) is 0 Å². The van der Waals surface area contributed by atoms with E-state index in [0.29, 0.717) is 16.6 Å². The van der Waals surface area contributed by atoms with Crippen LogP contribution in [0.25, 0.3) is 0 Å². The minimum absolute atomic E-state index is 0.0786. The molecule has 1 saturated carbocycles. The van der Waals surface area contributed by atoms with Crippen molar-refractivity contribution in [1.82, 2.24) is 0 Å². The monoisotopic (exact) mass is 259 g/mol. The van der Waals surface area contributed by atoms with Crippen molar-refractivity contribution in [1.29, 1.82) is 0 Å². The van der Waals surface area contributed by atoms with Crippen molar-refractivity contribution in [3.63, 3.8) is 0 Å². The van der Waals surface area contributed by atoms with Crippen molar-refractivity contribution in [3.8, 4) is 0 Å². The van der Waals surface area contributed by atoms with E-state index in [2.05, 4.69) is 6.92 Å². The highest BCUT2D eigenvalue weighted by Crippen LogP contribution is 2.63. The van der Waals surface area contributed by atoms with E-state index in [0.717, 1.165) is 12.0 Å². The minimum Gasteiger partial charge on any atom is -0.396 e. The molecule has 0 aliphatic heterocycles. The molecule has 1 aromatic rings. The fourth-order valence-corrected chi connectivity index (χ4v) is 2.77. The Balaban J connectivity index is 2.36. The molecule has 4 heteroatoms. The summed E-state index contributed by atoms with van der Waals surface area (Å²) in [6.07, 6.45) is 0.894. The van der Waals surface area contributed by atoms with Gasteiger partial charge in [-0.05, 0) is 24.1 Å². The van der Waals surface area contributed by atoms with E-state index in [4.69, 9.17) is 28.9 Å². The third-order valence-electron chi connectivity index (χ3n) is 3.99. The van der Waals surface area contributed by atoms with Gasteiger partial charge in [0.05, 0.1) is 16.7 Å². The number of hydrogen-bond acceptors (Lipinski definition) is 2. The molecule has 0 radical (unpaired) electrons. The predicted molar refractivity (Wildman–Crippen MR) is 67.0 cm³/mol. The number of halogens is 2. The Morgan fingerprint density at radius 2 is 2.06 bits per heavy atom. The van der Waals surface area contributed by atoms with Crippen LogP contribution in [-0.4, -0.2) is 18.3 Å². The smallest absolute Gasteiger partial charge is 0.0595 e. The summed E-state index contributed by atoms with van der Waals surface area (Å²) in [4.78, 5) is 0. The Morgan fingerprint density at radius 1 is 1.38 bits per heavy atom. The summed E-state index contributed by atoms with van der Waals surface area (Å²) >= 11 is 11.9. The zero-order chi connectivity index (χ0) is 12.0. The van der Waals surface area contributed by atoms with Gasteiger partial charge < -0.3 is 10.8 Å². The van der Waals surface area contributed by atoms with Gasteiger partial charge in [0.25, 0.3) is 0 Å². The number of aliphatic hydroxyl groups is 1. The molecule has 1 aromatic carbocycles. The highest BCUT2D eigenvalue weighted by atomic mass is 35.5. The molecule has 1 aliphatic rings. The van der Waals surface area contributed by atoms with Gasteiger partial charge in [0.2, 0.25) is 0 Å². The van der Waals surface area contributed by atoms with Gasteiger partial charge >= 0.3 is 0 Å². The van der Waals surface area contributed by atoms with E-state index >= 15 is 0 Å². The average molecular weight is 260 g/mol. The van der Waals surface area contributed by atoms with Gasteiger partial charge in [-0.3, -0.25) is 0 Å². The highest BCUT2D eigenvalue weighted by Gasteiger charge is 2.63. The topological polar surface area (TPSA) is 46.2 Å². The van der Waals surface area contributed by atoms with Crippen LogP contribution in [-0.2, 0) is 5.41 Å². The third kappa shape index (κ3) is 1.56. The minimum atomic E-state index is -0.190. The van der Waals surface area contributed by atoms with E-state index in [-0.39, 0.29) is 17.4 Å². The molecule has 0 bridgehead atoms. The van der Waals surface area contributed by atoms with Crippen LogP contribution in [0.5, 0.6) is 0 Å². The summed E-state index contributed by atoms with van der Waals surface area (Å²) < 4.78 is 0. The Morgan fingerprint density at radius 3 is 2.50 bits per heavy atom. The lowest BCUT2D eigenvalue weighted by atomic mass is 9.88. The Labute approximate surface area is 105 Å². The standard InChI is InChI=1S/C12H15Cl2NO/c1-11(5-12(11,6-15)7-16)8-2-3-9(13)10(14)4-8/h2-4,16H,5-7,15H2,1H3. The SMILES string of the molecule is CC1(c2ccc(Cl)c(Cl)c2)CC1(CN)CO. The summed E-state index contributed by atoms with van der Waals surface area (Å²) in [7, 11) is 0. The van der Waals surface area contributed by atoms with Gasteiger partial charge in [-0.2, -0.15) is 0 Å². The average Bonchev–Trinajstić information content (AvgIpc) is 2.90. The van der Waals surface area contributed by atoms with Crippen molar-refractivity contribution in [3.05, 3.63) is 33.8 Å². The second kappa shape index (κ2) is 3.88. The summed E-state index contributed by atoms with van der Waals surface area (Å²) in [6, 6.07) is 5.62. The first-order valence-electron chi connectivity index (χ1n) is 5.25. The van der Waals surface area contributed by atoms with Gasteiger partial charge in [-0.25, -0.2) is 0 Å². The molecule has 0 spiro atoms. The molecule has 1 aliphatic carbocycles. The zero-order valence-electron chi connectivity index (χ0n) is 9.13. The molecule has 16 heavy (non-hydrogen) atoms. The summed E-state index contributed by atoms with van der Waals surface area (Å²) in [5.41, 5.74) is 6.57. The number of benzene rings is 1. The van der Waals surface area contributed by atoms with E-state index in [1.807, 2.05) is 12.1 Å². The number of nitrogens with two attached hydrogens (primary N) is 1. The number of hydrogen-bond donors (Lipinski definition) is 2. The van der Waals surface area contributed by atoms with Crippen LogP contribution in [0.1, 0.15) is 18.9 Å². The molecule has 0 aromatic heterocycles. The summed E-state index contributed by atoms with van der Waals surface area (Å²) in [5, 5.41) is 10.5. The van der Waals surface area contributed by atoms with E-state index in [1.54, 1.807) is 6.07 Å². The molecule has 0 heterocycles. The molecule has 2 atom stereocenters. The molecule has 88 valence electrons. The lowest BCUT2D eigenvalue weighted by Crippen LogP contribution is -2.27. The summed E-state index contributed by atoms with van der Waals surface area (Å²) in [6.45, 7) is 2.70. The molecule has 2 unspecified atom stereocenters. The van der Waals surface area contributed by atoms with Crippen LogP contribution in [0.15, 0.2) is 18.2 Å². The maximum atomic E-state index is 9.44. The van der Waals surface area contributed by atoms with Crippen molar-refractivity contribution < 1.29 is 5.11 Å². The fraction of sp³-hybridized carbons (Fsp3) is 0.500. The molecule has 0 saturated heterocycles. The Hall–Kier alpha value is -0.280. The van der Waals surface area contributed by atoms with E-state index < -0.39 is 0 Å². The lowest BCUT2D eigenvalue weighted by molar-refractivity contribution is 0.198. The van der Waals surface area contributed by atoms with Crippen molar-refractivity contribution >= 4 is 23.2 Å². The number of aliphatic hydroxyl groups excluding tert-OH is 1. The van der Waals surface area contributed by atoms with Crippen LogP contribution in [0.3, 0.4) is 0 Å². The molecule has 0 amide bonds. The van der Waals surface area contributed by atoms with Gasteiger partial charge in [0.15, 0.2) is 0 Å². The maximum absolute atomic E-state index is 9.44. The van der Waals surface area contributed by atoms with Crippen molar-refractivity contribution in [2.24, 2.45) is 11.1 Å². The number of rotatable bonds is 3. The first kappa shape index (κ1) is 12.2. The van der Waals surface area contributed by atoms with Gasteiger partial charge in [0, 0.05) is 17.4 Å². The van der Waals surface area contributed by atoms with Gasteiger partial charge in [0.1, 0.15) is 0 Å². The predicted octanol–water partition coefficient (Wildman–Crippen LogP) is 2.59.